The van der Waals surface area contributed by atoms with E-state index in [4.69, 9.17) is 5.26 Å². The molecule has 0 fully saturated rings. The topological polar surface area (TPSA) is 63.0 Å². The maximum absolute atomic E-state index is 10.9. The summed E-state index contributed by atoms with van der Waals surface area (Å²) in [5.74, 6) is -0.452. The van der Waals surface area contributed by atoms with Crippen LogP contribution in [0.1, 0.15) is 16.1 Å². The summed E-state index contributed by atoms with van der Waals surface area (Å²) in [7, 11) is 1.29. The van der Waals surface area contributed by atoms with Crippen molar-refractivity contribution >= 4 is 18.4 Å². The molecule has 4 nitrogen and oxygen atoms in total. The molecular weight excluding hydrogens is 192 g/mol. The summed E-state index contributed by atoms with van der Waals surface area (Å²) >= 11 is 0. The number of nitriles is 1. The smallest absolute Gasteiger partial charge is 0.339 e. The fraction of sp³-hybridized carbons (Fsp3) is 0.125. The quantitative estimate of drug-likeness (QED) is 0.636. The van der Waals surface area contributed by atoms with Crippen LogP contribution in [0.15, 0.2) is 18.3 Å². The zero-order valence-corrected chi connectivity index (χ0v) is 7.67. The van der Waals surface area contributed by atoms with E-state index in [1.54, 1.807) is 0 Å². The minimum Gasteiger partial charge on any atom is -0.465 e. The van der Waals surface area contributed by atoms with Gasteiger partial charge >= 0.3 is 5.97 Å². The van der Waals surface area contributed by atoms with Crippen molar-refractivity contribution in [1.82, 2.24) is 4.98 Å². The molecule has 1 aromatic rings. The van der Waals surface area contributed by atoms with Crippen molar-refractivity contribution in [2.24, 2.45) is 0 Å². The van der Waals surface area contributed by atoms with Gasteiger partial charge in [0.1, 0.15) is 11.8 Å². The maximum Gasteiger partial charge on any atom is 0.339 e. The molecule has 0 aliphatic carbocycles. The Morgan fingerprint density at radius 3 is 2.69 bits per heavy atom. The highest BCUT2D eigenvalue weighted by Crippen LogP contribution is 2.00. The molecule has 0 amide bonds. The number of ether oxygens (including phenoxy) is 1. The maximum atomic E-state index is 10.9. The number of hydrogen-bond acceptors (Lipinski definition) is 4. The lowest BCUT2D eigenvalue weighted by molar-refractivity contribution is 0.0600. The van der Waals surface area contributed by atoms with Crippen LogP contribution in [0.3, 0.4) is 0 Å². The molecule has 0 bridgehead atoms. The number of pyridine rings is 1. The number of rotatable bonds is 1. The molecule has 13 heavy (non-hydrogen) atoms. The van der Waals surface area contributed by atoms with Crippen LogP contribution in [0.2, 0.25) is 0 Å². The van der Waals surface area contributed by atoms with Crippen molar-refractivity contribution in [1.29, 1.82) is 5.26 Å². The van der Waals surface area contributed by atoms with Crippen molar-refractivity contribution in [3.63, 3.8) is 0 Å². The standard InChI is InChI=1S/C8H6N2O2.ClH/c1-12-8(11)6-2-3-7(4-9)10-5-6;/h2-3,5H,1H3;1H. The Balaban J connectivity index is 0.00000144. The number of carbonyl (C=O) groups excluding carboxylic acids is 1. The van der Waals surface area contributed by atoms with Gasteiger partial charge in [-0.05, 0) is 12.1 Å². The van der Waals surface area contributed by atoms with Crippen LogP contribution >= 0.6 is 12.4 Å². The second-order valence-corrected chi connectivity index (χ2v) is 2.04. The Morgan fingerprint density at radius 2 is 2.31 bits per heavy atom. The van der Waals surface area contributed by atoms with E-state index in [1.807, 2.05) is 6.07 Å². The van der Waals surface area contributed by atoms with Crippen LogP contribution in [0.5, 0.6) is 0 Å². The first-order chi connectivity index (χ1) is 5.77. The molecule has 0 atom stereocenters. The van der Waals surface area contributed by atoms with E-state index >= 15 is 0 Å². The Bertz CT molecular complexity index is 329. The number of nitrogens with zero attached hydrogens (tertiary/aromatic N) is 2. The van der Waals surface area contributed by atoms with Crippen LogP contribution in [-0.4, -0.2) is 18.1 Å². The number of esters is 1. The summed E-state index contributed by atoms with van der Waals surface area (Å²) in [5.41, 5.74) is 0.624. The Labute approximate surface area is 81.6 Å². The lowest BCUT2D eigenvalue weighted by Gasteiger charge is -1.96. The Hall–Kier alpha value is -1.60. The molecule has 1 aromatic heterocycles. The third-order valence-corrected chi connectivity index (χ3v) is 1.30. The number of hydrogen-bond donors (Lipinski definition) is 0. The van der Waals surface area contributed by atoms with Gasteiger partial charge < -0.3 is 4.74 Å². The number of methoxy groups -OCH3 is 1. The average molecular weight is 199 g/mol. The van der Waals surface area contributed by atoms with E-state index in [-0.39, 0.29) is 18.1 Å². The van der Waals surface area contributed by atoms with Crippen molar-refractivity contribution in [3.05, 3.63) is 29.6 Å². The molecule has 0 N–H and O–H groups in total. The van der Waals surface area contributed by atoms with E-state index in [9.17, 15) is 4.79 Å². The summed E-state index contributed by atoms with van der Waals surface area (Å²) in [6.45, 7) is 0. The number of carbonyl (C=O) groups is 1. The number of halogens is 1. The molecule has 68 valence electrons. The first-order valence-corrected chi connectivity index (χ1v) is 3.22. The molecule has 0 unspecified atom stereocenters. The fourth-order valence-corrected chi connectivity index (χ4v) is 0.699. The van der Waals surface area contributed by atoms with Gasteiger partial charge in [0.05, 0.1) is 12.7 Å². The summed E-state index contributed by atoms with van der Waals surface area (Å²) in [6.07, 6.45) is 1.31. The van der Waals surface area contributed by atoms with Crippen molar-refractivity contribution in [3.8, 4) is 6.07 Å². The predicted octanol–water partition coefficient (Wildman–Crippen LogP) is 1.16. The molecule has 0 aliphatic rings. The van der Waals surface area contributed by atoms with Gasteiger partial charge in [0.15, 0.2) is 0 Å². The first-order valence-electron chi connectivity index (χ1n) is 3.22. The highest BCUT2D eigenvalue weighted by Gasteiger charge is 2.04. The van der Waals surface area contributed by atoms with Crippen LogP contribution in [0.4, 0.5) is 0 Å². The highest BCUT2D eigenvalue weighted by molar-refractivity contribution is 5.88. The van der Waals surface area contributed by atoms with Gasteiger partial charge in [-0.25, -0.2) is 9.78 Å². The van der Waals surface area contributed by atoms with Gasteiger partial charge in [0.25, 0.3) is 0 Å². The first kappa shape index (κ1) is 11.4. The molecular formula is C8H7ClN2O2. The summed E-state index contributed by atoms with van der Waals surface area (Å²) in [5, 5.41) is 8.40. The number of aromatic nitrogens is 1. The molecule has 5 heteroatoms. The van der Waals surface area contributed by atoms with Crippen molar-refractivity contribution < 1.29 is 9.53 Å². The monoisotopic (exact) mass is 198 g/mol. The molecule has 0 saturated heterocycles. The van der Waals surface area contributed by atoms with Crippen molar-refractivity contribution in [2.75, 3.05) is 7.11 Å². The van der Waals surface area contributed by atoms with Gasteiger partial charge in [-0.3, -0.25) is 0 Å². The summed E-state index contributed by atoms with van der Waals surface area (Å²) in [4.78, 5) is 14.6. The van der Waals surface area contributed by atoms with Gasteiger partial charge in [0.2, 0.25) is 0 Å². The summed E-state index contributed by atoms with van der Waals surface area (Å²) < 4.78 is 4.45. The normalized spacial score (nSPS) is 8.00. The largest absolute Gasteiger partial charge is 0.465 e. The molecule has 1 rings (SSSR count). The Morgan fingerprint density at radius 1 is 1.62 bits per heavy atom. The lowest BCUT2D eigenvalue weighted by atomic mass is 10.2. The predicted molar refractivity (Wildman–Crippen MR) is 47.5 cm³/mol. The van der Waals surface area contributed by atoms with Crippen molar-refractivity contribution in [2.45, 2.75) is 0 Å². The fourth-order valence-electron chi connectivity index (χ4n) is 0.699. The molecule has 0 aromatic carbocycles. The third-order valence-electron chi connectivity index (χ3n) is 1.30. The SMILES string of the molecule is COC(=O)c1ccc(C#N)nc1.Cl. The zero-order chi connectivity index (χ0) is 8.97. The molecule has 0 radical (unpaired) electrons. The molecule has 1 heterocycles. The van der Waals surface area contributed by atoms with E-state index in [2.05, 4.69) is 9.72 Å². The highest BCUT2D eigenvalue weighted by atomic mass is 35.5. The molecule has 0 spiro atoms. The van der Waals surface area contributed by atoms with Crippen LogP contribution in [0.25, 0.3) is 0 Å². The zero-order valence-electron chi connectivity index (χ0n) is 6.85. The third kappa shape index (κ3) is 2.73. The lowest BCUT2D eigenvalue weighted by Crippen LogP contribution is -2.01. The Kier molecular flexibility index (Phi) is 4.49. The minimum absolute atomic E-state index is 0. The summed E-state index contributed by atoms with van der Waals surface area (Å²) in [6, 6.07) is 4.81. The van der Waals surface area contributed by atoms with Crippen LogP contribution in [0, 0.1) is 11.3 Å². The molecule has 0 saturated carbocycles. The second kappa shape index (κ2) is 5.12. The van der Waals surface area contributed by atoms with E-state index in [0.717, 1.165) is 0 Å². The molecule has 0 aliphatic heterocycles. The second-order valence-electron chi connectivity index (χ2n) is 2.04. The van der Waals surface area contributed by atoms with E-state index < -0.39 is 5.97 Å². The average Bonchev–Trinajstić information content (AvgIpc) is 2.17. The van der Waals surface area contributed by atoms with Gasteiger partial charge in [-0.1, -0.05) is 0 Å². The van der Waals surface area contributed by atoms with Gasteiger partial charge in [-0.15, -0.1) is 12.4 Å². The van der Waals surface area contributed by atoms with Crippen LogP contribution < -0.4 is 0 Å². The van der Waals surface area contributed by atoms with Crippen LogP contribution in [-0.2, 0) is 4.74 Å². The van der Waals surface area contributed by atoms with E-state index in [1.165, 1.54) is 25.4 Å². The minimum atomic E-state index is -0.452. The van der Waals surface area contributed by atoms with Gasteiger partial charge in [0, 0.05) is 6.20 Å². The van der Waals surface area contributed by atoms with Gasteiger partial charge in [-0.2, -0.15) is 5.26 Å². The van der Waals surface area contributed by atoms with E-state index in [0.29, 0.717) is 5.56 Å².